The topological polar surface area (TPSA) is 85.5 Å². The number of esters is 1. The van der Waals surface area contributed by atoms with Gasteiger partial charge in [0.15, 0.2) is 0 Å². The van der Waals surface area contributed by atoms with Crippen LogP contribution in [0.2, 0.25) is 0 Å². The lowest BCUT2D eigenvalue weighted by Crippen LogP contribution is -2.29. The zero-order valence-electron chi connectivity index (χ0n) is 17.9. The third kappa shape index (κ3) is 6.88. The van der Waals surface area contributed by atoms with Crippen molar-refractivity contribution in [2.45, 2.75) is 63.8 Å². The first kappa shape index (κ1) is 22.9. The van der Waals surface area contributed by atoms with Crippen LogP contribution < -0.4 is 0 Å². The van der Waals surface area contributed by atoms with Crippen molar-refractivity contribution < 1.29 is 18.8 Å². The Balaban J connectivity index is 1.95. The molecule has 158 valence electrons. The number of amides is 1. The first-order valence-electron chi connectivity index (χ1n) is 9.55. The van der Waals surface area contributed by atoms with Crippen LogP contribution in [0, 0.1) is 13.8 Å². The highest BCUT2D eigenvalue weighted by Crippen LogP contribution is 2.27. The maximum Gasteiger partial charge on any atom is 0.306 e. The predicted octanol–water partition coefficient (Wildman–Crippen LogP) is 4.17. The van der Waals surface area contributed by atoms with Crippen LogP contribution in [-0.4, -0.2) is 46.1 Å². The molecule has 8 heteroatoms. The maximum absolute atomic E-state index is 12.9. The van der Waals surface area contributed by atoms with Crippen molar-refractivity contribution in [3.05, 3.63) is 40.9 Å². The third-order valence-corrected chi connectivity index (χ3v) is 5.21. The van der Waals surface area contributed by atoms with E-state index in [2.05, 4.69) is 10.1 Å². The number of hydrogen-bond acceptors (Lipinski definition) is 7. The molecule has 2 aromatic heterocycles. The summed E-state index contributed by atoms with van der Waals surface area (Å²) in [6, 6.07) is 3.52. The smallest absolute Gasteiger partial charge is 0.306 e. The Bertz CT molecular complexity index is 838. The van der Waals surface area contributed by atoms with E-state index >= 15 is 0 Å². The van der Waals surface area contributed by atoms with Gasteiger partial charge in [0.25, 0.3) is 5.91 Å². The molecule has 7 nitrogen and oxygen atoms in total. The van der Waals surface area contributed by atoms with Crippen LogP contribution in [0.15, 0.2) is 27.9 Å². The fourth-order valence-electron chi connectivity index (χ4n) is 2.68. The minimum Gasteiger partial charge on any atom is -0.460 e. The van der Waals surface area contributed by atoms with Crippen molar-refractivity contribution in [1.82, 2.24) is 15.0 Å². The van der Waals surface area contributed by atoms with Crippen LogP contribution in [0.1, 0.15) is 61.0 Å². The van der Waals surface area contributed by atoms with Gasteiger partial charge in [-0.25, -0.2) is 4.98 Å². The highest BCUT2D eigenvalue weighted by molar-refractivity contribution is 7.98. The number of rotatable bonds is 8. The summed E-state index contributed by atoms with van der Waals surface area (Å²) in [5, 5.41) is 4.63. The molecule has 29 heavy (non-hydrogen) atoms. The summed E-state index contributed by atoms with van der Waals surface area (Å²) in [5.74, 6) is 1.03. The molecule has 0 N–H and O–H groups in total. The number of aromatic nitrogens is 2. The number of hydrogen-bond donors (Lipinski definition) is 0. The second kappa shape index (κ2) is 9.91. The summed E-state index contributed by atoms with van der Waals surface area (Å²) in [6.07, 6.45) is 2.49. The van der Waals surface area contributed by atoms with Crippen molar-refractivity contribution in [2.75, 3.05) is 13.6 Å². The minimum atomic E-state index is -0.498. The number of pyridine rings is 1. The summed E-state index contributed by atoms with van der Waals surface area (Å²) in [6.45, 7) is 9.75. The van der Waals surface area contributed by atoms with Crippen LogP contribution in [0.4, 0.5) is 0 Å². The fraction of sp³-hybridized carbons (Fsp3) is 0.524. The Morgan fingerprint density at radius 1 is 1.28 bits per heavy atom. The molecule has 0 bridgehead atoms. The Hall–Kier alpha value is -2.35. The van der Waals surface area contributed by atoms with Gasteiger partial charge < -0.3 is 14.2 Å². The molecule has 0 aliphatic heterocycles. The number of aryl methyl sites for hydroxylation is 2. The molecule has 2 rings (SSSR count). The monoisotopic (exact) mass is 419 g/mol. The van der Waals surface area contributed by atoms with E-state index in [1.54, 1.807) is 30.3 Å². The molecule has 0 aliphatic rings. The molecule has 0 radical (unpaired) electrons. The van der Waals surface area contributed by atoms with Gasteiger partial charge in [-0.15, -0.1) is 11.8 Å². The molecule has 0 spiro atoms. The van der Waals surface area contributed by atoms with E-state index in [9.17, 15) is 9.59 Å². The quantitative estimate of drug-likeness (QED) is 0.469. The third-order valence-electron chi connectivity index (χ3n) is 4.18. The predicted molar refractivity (Wildman–Crippen MR) is 112 cm³/mol. The average molecular weight is 420 g/mol. The maximum atomic E-state index is 12.9. The SMILES string of the molecule is Cc1noc(C)c1CSc1ncccc1C(=O)N(C)CCCC(=O)OC(C)(C)C. The Kier molecular flexibility index (Phi) is 7.84. The largest absolute Gasteiger partial charge is 0.460 e. The van der Waals surface area contributed by atoms with E-state index in [0.717, 1.165) is 17.0 Å². The van der Waals surface area contributed by atoms with Gasteiger partial charge >= 0.3 is 5.97 Å². The lowest BCUT2D eigenvalue weighted by Gasteiger charge is -2.21. The van der Waals surface area contributed by atoms with Crippen LogP contribution in [0.25, 0.3) is 0 Å². The van der Waals surface area contributed by atoms with Crippen LogP contribution in [0.3, 0.4) is 0 Å². The number of thioether (sulfide) groups is 1. The van der Waals surface area contributed by atoms with Gasteiger partial charge in [-0.1, -0.05) is 5.16 Å². The van der Waals surface area contributed by atoms with Gasteiger partial charge in [0.2, 0.25) is 0 Å². The summed E-state index contributed by atoms with van der Waals surface area (Å²) in [5.41, 5.74) is 1.91. The Labute approximate surface area is 176 Å². The molecular weight excluding hydrogens is 390 g/mol. The number of nitrogens with zero attached hydrogens (tertiary/aromatic N) is 3. The van der Waals surface area contributed by atoms with E-state index in [4.69, 9.17) is 9.26 Å². The lowest BCUT2D eigenvalue weighted by molar-refractivity contribution is -0.154. The number of carbonyl (C=O) groups excluding carboxylic acids is 2. The van der Waals surface area contributed by atoms with Crippen LogP contribution in [0.5, 0.6) is 0 Å². The molecule has 2 heterocycles. The molecule has 0 atom stereocenters. The van der Waals surface area contributed by atoms with Gasteiger partial charge in [0.1, 0.15) is 16.4 Å². The molecule has 0 saturated heterocycles. The van der Waals surface area contributed by atoms with Crippen molar-refractivity contribution >= 4 is 23.6 Å². The number of carbonyl (C=O) groups is 2. The Morgan fingerprint density at radius 3 is 2.62 bits per heavy atom. The molecule has 0 saturated carbocycles. The zero-order valence-corrected chi connectivity index (χ0v) is 18.8. The van der Waals surface area contributed by atoms with Crippen molar-refractivity contribution in [1.29, 1.82) is 0 Å². The summed E-state index contributed by atoms with van der Waals surface area (Å²) in [7, 11) is 1.73. The average Bonchev–Trinajstić information content (AvgIpc) is 2.96. The van der Waals surface area contributed by atoms with Gasteiger partial charge in [-0.05, 0) is 53.2 Å². The van der Waals surface area contributed by atoms with E-state index in [0.29, 0.717) is 29.3 Å². The van der Waals surface area contributed by atoms with Crippen molar-refractivity contribution in [3.63, 3.8) is 0 Å². The highest BCUT2D eigenvalue weighted by atomic mass is 32.2. The van der Waals surface area contributed by atoms with Crippen LogP contribution in [-0.2, 0) is 15.3 Å². The first-order chi connectivity index (χ1) is 13.6. The van der Waals surface area contributed by atoms with Crippen molar-refractivity contribution in [2.24, 2.45) is 0 Å². The summed E-state index contributed by atoms with van der Waals surface area (Å²) in [4.78, 5) is 30.7. The molecule has 0 fully saturated rings. The second-order valence-electron chi connectivity index (χ2n) is 7.86. The Morgan fingerprint density at radius 2 is 2.00 bits per heavy atom. The van der Waals surface area contributed by atoms with Crippen molar-refractivity contribution in [3.8, 4) is 0 Å². The normalized spacial score (nSPS) is 11.4. The van der Waals surface area contributed by atoms with E-state index in [-0.39, 0.29) is 18.3 Å². The standard InChI is InChI=1S/C21H29N3O4S/c1-14-17(15(2)28-23-14)13-29-19-16(9-7-11-22-19)20(26)24(6)12-8-10-18(25)27-21(3,4)5/h7,9,11H,8,10,12-13H2,1-6H3. The van der Waals surface area contributed by atoms with E-state index in [1.165, 1.54) is 11.8 Å². The van der Waals surface area contributed by atoms with E-state index < -0.39 is 5.60 Å². The lowest BCUT2D eigenvalue weighted by atomic mass is 10.2. The van der Waals surface area contributed by atoms with E-state index in [1.807, 2.05) is 34.6 Å². The van der Waals surface area contributed by atoms with Crippen LogP contribution >= 0.6 is 11.8 Å². The summed E-state index contributed by atoms with van der Waals surface area (Å²) >= 11 is 1.48. The molecule has 1 amide bonds. The molecule has 2 aromatic rings. The van der Waals surface area contributed by atoms with Gasteiger partial charge in [-0.3, -0.25) is 9.59 Å². The molecule has 0 aliphatic carbocycles. The second-order valence-corrected chi connectivity index (χ2v) is 8.83. The van der Waals surface area contributed by atoms with Gasteiger partial charge in [0.05, 0.1) is 11.3 Å². The highest BCUT2D eigenvalue weighted by Gasteiger charge is 2.20. The van der Waals surface area contributed by atoms with Gasteiger partial charge in [-0.2, -0.15) is 0 Å². The first-order valence-corrected chi connectivity index (χ1v) is 10.5. The van der Waals surface area contributed by atoms with Gasteiger partial charge in [0, 0.05) is 37.5 Å². The molecule has 0 aromatic carbocycles. The molecular formula is C21H29N3O4S. The zero-order chi connectivity index (χ0) is 21.6. The number of ether oxygens (including phenoxy) is 1. The summed E-state index contributed by atoms with van der Waals surface area (Å²) < 4.78 is 10.5. The molecule has 0 unspecified atom stereocenters. The minimum absolute atomic E-state index is 0.122. The fourth-order valence-corrected chi connectivity index (χ4v) is 3.82.